The average Bonchev–Trinajstić information content (AvgIpc) is 2.56. The zero-order valence-electron chi connectivity index (χ0n) is 13.7. The van der Waals surface area contributed by atoms with Crippen LogP contribution in [0.2, 0.25) is 10.0 Å². The van der Waals surface area contributed by atoms with Crippen molar-refractivity contribution < 1.29 is 14.3 Å². The summed E-state index contributed by atoms with van der Waals surface area (Å²) in [6.07, 6.45) is 0. The van der Waals surface area contributed by atoms with Crippen molar-refractivity contribution in [1.29, 1.82) is 0 Å². The molecule has 0 spiro atoms. The van der Waals surface area contributed by atoms with Crippen molar-refractivity contribution in [2.24, 2.45) is 0 Å². The van der Waals surface area contributed by atoms with Gasteiger partial charge in [0.15, 0.2) is 6.61 Å². The Kier molecular flexibility index (Phi) is 7.10. The molecule has 0 aromatic heterocycles. The van der Waals surface area contributed by atoms with Crippen LogP contribution in [-0.2, 0) is 9.59 Å². The van der Waals surface area contributed by atoms with Crippen LogP contribution in [0.1, 0.15) is 6.92 Å². The highest BCUT2D eigenvalue weighted by Gasteiger charge is 2.13. The van der Waals surface area contributed by atoms with Gasteiger partial charge in [0.25, 0.3) is 5.91 Å². The number of nitrogens with zero attached hydrogens (tertiary/aromatic N) is 1. The highest BCUT2D eigenvalue weighted by atomic mass is 35.5. The topological polar surface area (TPSA) is 58.6 Å². The number of rotatable bonds is 7. The summed E-state index contributed by atoms with van der Waals surface area (Å²) in [5.74, 6) is 0.182. The number of carbonyl (C=O) groups excluding carboxylic acids is 2. The average molecular weight is 381 g/mol. The van der Waals surface area contributed by atoms with Gasteiger partial charge in [0.05, 0.1) is 0 Å². The molecule has 0 heterocycles. The highest BCUT2D eigenvalue weighted by Crippen LogP contribution is 2.25. The van der Waals surface area contributed by atoms with Crippen LogP contribution in [0.3, 0.4) is 0 Å². The number of nitrogens with one attached hydrogen (secondary N) is 1. The van der Waals surface area contributed by atoms with Crippen LogP contribution in [0.4, 0.5) is 5.69 Å². The fourth-order valence-electron chi connectivity index (χ4n) is 2.19. The van der Waals surface area contributed by atoms with Crippen molar-refractivity contribution in [3.05, 3.63) is 58.6 Å². The van der Waals surface area contributed by atoms with Gasteiger partial charge in [-0.1, -0.05) is 41.4 Å². The third-order valence-corrected chi connectivity index (χ3v) is 3.75. The lowest BCUT2D eigenvalue weighted by molar-refractivity contribution is -0.123. The molecule has 2 aromatic rings. The quantitative estimate of drug-likeness (QED) is 0.798. The molecular formula is C18H18Cl2N2O3. The van der Waals surface area contributed by atoms with Gasteiger partial charge >= 0.3 is 0 Å². The molecule has 0 aliphatic rings. The zero-order chi connectivity index (χ0) is 18.2. The summed E-state index contributed by atoms with van der Waals surface area (Å²) in [6.45, 7) is 1.92. The van der Waals surface area contributed by atoms with Crippen LogP contribution in [0.15, 0.2) is 48.5 Å². The van der Waals surface area contributed by atoms with E-state index in [4.69, 9.17) is 27.9 Å². The van der Waals surface area contributed by atoms with E-state index in [0.717, 1.165) is 0 Å². The number of halogens is 2. The first-order valence-electron chi connectivity index (χ1n) is 7.64. The summed E-state index contributed by atoms with van der Waals surface area (Å²) < 4.78 is 5.36. The molecule has 0 saturated carbocycles. The standard InChI is InChI=1S/C18H18Cl2N2O3/c1-13(23)22(16-10-14(19)9-15(20)11-16)8-7-21-18(24)12-25-17-5-3-2-4-6-17/h2-6,9-11H,7-8,12H2,1H3,(H,21,24). The second-order valence-corrected chi connectivity index (χ2v) is 6.12. The highest BCUT2D eigenvalue weighted by molar-refractivity contribution is 6.35. The molecule has 2 rings (SSSR count). The van der Waals surface area contributed by atoms with Gasteiger partial charge in [-0.2, -0.15) is 0 Å². The van der Waals surface area contributed by atoms with Crippen LogP contribution >= 0.6 is 23.2 Å². The van der Waals surface area contributed by atoms with Crippen molar-refractivity contribution >= 4 is 40.7 Å². The van der Waals surface area contributed by atoms with Gasteiger partial charge in [-0.15, -0.1) is 0 Å². The van der Waals surface area contributed by atoms with Crippen molar-refractivity contribution in [2.75, 3.05) is 24.6 Å². The molecule has 1 N–H and O–H groups in total. The van der Waals surface area contributed by atoms with E-state index in [9.17, 15) is 9.59 Å². The zero-order valence-corrected chi connectivity index (χ0v) is 15.2. The number of anilines is 1. The van der Waals surface area contributed by atoms with E-state index >= 15 is 0 Å². The fourth-order valence-corrected chi connectivity index (χ4v) is 2.70. The van der Waals surface area contributed by atoms with E-state index in [2.05, 4.69) is 5.32 Å². The fraction of sp³-hybridized carbons (Fsp3) is 0.222. The number of carbonyl (C=O) groups is 2. The van der Waals surface area contributed by atoms with Crippen molar-refractivity contribution in [1.82, 2.24) is 5.32 Å². The number of hydrogen-bond donors (Lipinski definition) is 1. The summed E-state index contributed by atoms with van der Waals surface area (Å²) in [5.41, 5.74) is 0.583. The SMILES string of the molecule is CC(=O)N(CCNC(=O)COc1ccccc1)c1cc(Cl)cc(Cl)c1. The molecule has 0 atom stereocenters. The van der Waals surface area contributed by atoms with E-state index in [1.807, 2.05) is 18.2 Å². The minimum absolute atomic E-state index is 0.0902. The third kappa shape index (κ3) is 6.29. The summed E-state index contributed by atoms with van der Waals surface area (Å²) in [5, 5.41) is 3.59. The monoisotopic (exact) mass is 380 g/mol. The van der Waals surface area contributed by atoms with Gasteiger partial charge in [-0.25, -0.2) is 0 Å². The molecule has 0 unspecified atom stereocenters. The van der Waals surface area contributed by atoms with Crippen molar-refractivity contribution in [3.63, 3.8) is 0 Å². The predicted octanol–water partition coefficient (Wildman–Crippen LogP) is 3.54. The minimum atomic E-state index is -0.267. The molecule has 0 saturated heterocycles. The van der Waals surface area contributed by atoms with Gasteiger partial charge in [0.1, 0.15) is 5.75 Å². The predicted molar refractivity (Wildman–Crippen MR) is 99.4 cm³/mol. The maximum Gasteiger partial charge on any atom is 0.258 e. The second-order valence-electron chi connectivity index (χ2n) is 5.25. The molecule has 5 nitrogen and oxygen atoms in total. The minimum Gasteiger partial charge on any atom is -0.484 e. The van der Waals surface area contributed by atoms with Crippen LogP contribution < -0.4 is 15.0 Å². The number of para-hydroxylation sites is 1. The first-order chi connectivity index (χ1) is 12.0. The lowest BCUT2D eigenvalue weighted by Gasteiger charge is -2.22. The molecule has 2 amide bonds. The molecule has 0 bridgehead atoms. The Morgan fingerprint density at radius 1 is 1.08 bits per heavy atom. The summed E-state index contributed by atoms with van der Waals surface area (Å²) in [4.78, 5) is 25.2. The summed E-state index contributed by atoms with van der Waals surface area (Å²) in [7, 11) is 0. The van der Waals surface area contributed by atoms with Crippen molar-refractivity contribution in [3.8, 4) is 5.75 Å². The van der Waals surface area contributed by atoms with Gasteiger partial charge < -0.3 is 15.0 Å². The summed E-state index contributed by atoms with van der Waals surface area (Å²) >= 11 is 11.9. The number of benzene rings is 2. The maximum absolute atomic E-state index is 11.9. The van der Waals surface area contributed by atoms with Gasteiger partial charge in [-0.3, -0.25) is 9.59 Å². The van der Waals surface area contributed by atoms with Crippen LogP contribution in [-0.4, -0.2) is 31.5 Å². The van der Waals surface area contributed by atoms with E-state index in [-0.39, 0.29) is 25.0 Å². The molecule has 0 fully saturated rings. The molecular weight excluding hydrogens is 363 g/mol. The number of ether oxygens (including phenoxy) is 1. The Hall–Kier alpha value is -2.24. The van der Waals surface area contributed by atoms with Gasteiger partial charge in [0, 0.05) is 35.7 Å². The lowest BCUT2D eigenvalue weighted by Crippen LogP contribution is -2.39. The first-order valence-corrected chi connectivity index (χ1v) is 8.40. The van der Waals surface area contributed by atoms with E-state index in [1.54, 1.807) is 30.3 Å². The third-order valence-electron chi connectivity index (χ3n) is 3.31. The molecule has 0 aliphatic heterocycles. The van der Waals surface area contributed by atoms with Crippen LogP contribution in [0, 0.1) is 0 Å². The lowest BCUT2D eigenvalue weighted by atomic mass is 10.2. The Balaban J connectivity index is 1.85. The Morgan fingerprint density at radius 3 is 2.32 bits per heavy atom. The van der Waals surface area contributed by atoms with Gasteiger partial charge in [0.2, 0.25) is 5.91 Å². The second kappa shape index (κ2) is 9.30. The maximum atomic E-state index is 11.9. The Labute approximate surface area is 156 Å². The van der Waals surface area contributed by atoms with Crippen LogP contribution in [0.5, 0.6) is 5.75 Å². The number of hydrogen-bond acceptors (Lipinski definition) is 3. The molecule has 0 radical (unpaired) electrons. The van der Waals surface area contributed by atoms with Crippen molar-refractivity contribution in [2.45, 2.75) is 6.92 Å². The molecule has 0 aliphatic carbocycles. The molecule has 7 heteroatoms. The Bertz CT molecular complexity index is 718. The smallest absolute Gasteiger partial charge is 0.258 e. The summed E-state index contributed by atoms with van der Waals surface area (Å²) in [6, 6.07) is 14.0. The first kappa shape index (κ1) is 19.1. The molecule has 132 valence electrons. The van der Waals surface area contributed by atoms with Crippen LogP contribution in [0.25, 0.3) is 0 Å². The van der Waals surface area contributed by atoms with E-state index < -0.39 is 0 Å². The molecule has 25 heavy (non-hydrogen) atoms. The molecule has 2 aromatic carbocycles. The largest absolute Gasteiger partial charge is 0.484 e. The van der Waals surface area contributed by atoms with Gasteiger partial charge in [-0.05, 0) is 30.3 Å². The Morgan fingerprint density at radius 2 is 1.72 bits per heavy atom. The van der Waals surface area contributed by atoms with E-state index in [1.165, 1.54) is 11.8 Å². The normalized spacial score (nSPS) is 10.2. The van der Waals surface area contributed by atoms with E-state index in [0.29, 0.717) is 28.0 Å². The number of amides is 2.